The molecule has 0 heterocycles. The lowest BCUT2D eigenvalue weighted by molar-refractivity contribution is 0.0939. The van der Waals surface area contributed by atoms with Crippen LogP contribution in [-0.4, -0.2) is 34.2 Å². The van der Waals surface area contributed by atoms with Crippen LogP contribution in [0.5, 0.6) is 23.0 Å². The Morgan fingerprint density at radius 3 is 2.08 bits per heavy atom. The number of nitrogens with two attached hydrogens (primary N) is 1. The topological polar surface area (TPSA) is 80.0 Å². The molecule has 0 spiro atoms. The summed E-state index contributed by atoms with van der Waals surface area (Å²) in [5.41, 5.74) is 8.92. The van der Waals surface area contributed by atoms with Gasteiger partial charge in [-0.2, -0.15) is 0 Å². The molecule has 0 saturated carbocycles. The maximum Gasteiger partial charge on any atom is 0.203 e. The van der Waals surface area contributed by atoms with Crippen molar-refractivity contribution >= 4 is 11.5 Å². The molecule has 1 aliphatic carbocycles. The molecule has 2 atom stereocenters. The number of Topliss-reactive ketones (excluding diaryl/α,β-unsaturated/α-hetero) is 1. The van der Waals surface area contributed by atoms with Crippen molar-refractivity contribution in [1.82, 2.24) is 0 Å². The van der Waals surface area contributed by atoms with Gasteiger partial charge < -0.3 is 24.7 Å². The summed E-state index contributed by atoms with van der Waals surface area (Å²) < 4.78 is 21.7. The first-order valence-corrected chi connectivity index (χ1v) is 8.28. The standard InChI is InChI=1S/C20H23NO5/c1-10-16(11-6-7-14(23-2)13(21)8-11)17-12(18(10)22)9-15(24-3)19(25-4)20(17)26-5/h6-10,16H,21H2,1-5H3. The Morgan fingerprint density at radius 2 is 1.54 bits per heavy atom. The number of carbonyl (C=O) groups excluding carboxylic acids is 1. The molecule has 26 heavy (non-hydrogen) atoms. The van der Waals surface area contributed by atoms with Crippen LogP contribution < -0.4 is 24.7 Å². The van der Waals surface area contributed by atoms with Gasteiger partial charge in [0.15, 0.2) is 17.3 Å². The average molecular weight is 357 g/mol. The van der Waals surface area contributed by atoms with Crippen LogP contribution in [0.3, 0.4) is 0 Å². The summed E-state index contributed by atoms with van der Waals surface area (Å²) >= 11 is 0. The molecule has 6 heteroatoms. The number of anilines is 1. The zero-order valence-electron chi connectivity index (χ0n) is 15.6. The zero-order valence-corrected chi connectivity index (χ0v) is 15.6. The predicted molar refractivity (Wildman–Crippen MR) is 98.8 cm³/mol. The predicted octanol–water partition coefficient (Wildman–Crippen LogP) is 3.27. The van der Waals surface area contributed by atoms with Gasteiger partial charge in [-0.15, -0.1) is 0 Å². The van der Waals surface area contributed by atoms with E-state index in [9.17, 15) is 4.79 Å². The van der Waals surface area contributed by atoms with Crippen LogP contribution in [0.15, 0.2) is 24.3 Å². The van der Waals surface area contributed by atoms with Crippen LogP contribution in [0.1, 0.15) is 34.3 Å². The third-order valence-electron chi connectivity index (χ3n) is 4.97. The summed E-state index contributed by atoms with van der Waals surface area (Å²) in [5, 5.41) is 0. The third kappa shape index (κ3) is 2.53. The SMILES string of the molecule is COc1ccc(C2c3c(cc(OC)c(OC)c3OC)C(=O)C2C)cc1N. The van der Waals surface area contributed by atoms with E-state index in [1.807, 2.05) is 25.1 Å². The summed E-state index contributed by atoms with van der Waals surface area (Å²) in [6, 6.07) is 7.31. The van der Waals surface area contributed by atoms with E-state index in [2.05, 4.69) is 0 Å². The van der Waals surface area contributed by atoms with E-state index in [1.165, 1.54) is 7.11 Å². The summed E-state index contributed by atoms with van der Waals surface area (Å²) in [7, 11) is 6.22. The van der Waals surface area contributed by atoms with E-state index in [0.29, 0.717) is 34.2 Å². The van der Waals surface area contributed by atoms with Crippen LogP contribution in [0.25, 0.3) is 0 Å². The van der Waals surface area contributed by atoms with Gasteiger partial charge in [-0.3, -0.25) is 4.79 Å². The Balaban J connectivity index is 2.26. The number of ketones is 1. The van der Waals surface area contributed by atoms with Gasteiger partial charge in [0, 0.05) is 23.0 Å². The molecule has 1 aliphatic rings. The van der Waals surface area contributed by atoms with Gasteiger partial charge in [0.1, 0.15) is 5.75 Å². The molecule has 2 aromatic carbocycles. The normalized spacial score (nSPS) is 18.4. The second-order valence-corrected chi connectivity index (χ2v) is 6.24. The fraction of sp³-hybridized carbons (Fsp3) is 0.350. The van der Waals surface area contributed by atoms with Crippen molar-refractivity contribution in [3.63, 3.8) is 0 Å². The molecule has 2 unspecified atom stereocenters. The van der Waals surface area contributed by atoms with Crippen molar-refractivity contribution in [2.24, 2.45) is 5.92 Å². The second-order valence-electron chi connectivity index (χ2n) is 6.24. The number of ether oxygens (including phenoxy) is 4. The lowest BCUT2D eigenvalue weighted by Crippen LogP contribution is -2.11. The molecule has 0 radical (unpaired) electrons. The average Bonchev–Trinajstić information content (AvgIpc) is 2.90. The quantitative estimate of drug-likeness (QED) is 0.828. The highest BCUT2D eigenvalue weighted by atomic mass is 16.5. The molecule has 2 aromatic rings. The molecular formula is C20H23NO5. The highest BCUT2D eigenvalue weighted by Crippen LogP contribution is 2.53. The van der Waals surface area contributed by atoms with Crippen molar-refractivity contribution in [3.8, 4) is 23.0 Å². The first-order chi connectivity index (χ1) is 12.5. The Morgan fingerprint density at radius 1 is 0.885 bits per heavy atom. The first kappa shape index (κ1) is 17.9. The number of fused-ring (bicyclic) bond motifs is 1. The minimum absolute atomic E-state index is 0.0404. The van der Waals surface area contributed by atoms with E-state index >= 15 is 0 Å². The van der Waals surface area contributed by atoms with Crippen LogP contribution in [0.2, 0.25) is 0 Å². The minimum Gasteiger partial charge on any atom is -0.495 e. The van der Waals surface area contributed by atoms with Crippen LogP contribution >= 0.6 is 0 Å². The Hall–Kier alpha value is -2.89. The molecule has 0 bridgehead atoms. The number of nitrogen functional groups attached to an aromatic ring is 1. The molecule has 0 fully saturated rings. The number of carbonyl (C=O) groups is 1. The largest absolute Gasteiger partial charge is 0.495 e. The van der Waals surface area contributed by atoms with Gasteiger partial charge in [0.05, 0.1) is 34.1 Å². The molecular weight excluding hydrogens is 334 g/mol. The minimum atomic E-state index is -0.261. The van der Waals surface area contributed by atoms with Crippen molar-refractivity contribution < 1.29 is 23.7 Å². The highest BCUT2D eigenvalue weighted by Gasteiger charge is 2.42. The smallest absolute Gasteiger partial charge is 0.203 e. The Labute approximate surface area is 152 Å². The van der Waals surface area contributed by atoms with E-state index in [1.54, 1.807) is 27.4 Å². The van der Waals surface area contributed by atoms with Crippen molar-refractivity contribution in [2.75, 3.05) is 34.2 Å². The number of rotatable bonds is 5. The van der Waals surface area contributed by atoms with Crippen molar-refractivity contribution in [1.29, 1.82) is 0 Å². The van der Waals surface area contributed by atoms with Crippen LogP contribution in [0, 0.1) is 5.92 Å². The van der Waals surface area contributed by atoms with Crippen LogP contribution in [0.4, 0.5) is 5.69 Å². The van der Waals surface area contributed by atoms with E-state index in [4.69, 9.17) is 24.7 Å². The maximum atomic E-state index is 12.9. The van der Waals surface area contributed by atoms with Crippen LogP contribution in [-0.2, 0) is 0 Å². The fourth-order valence-electron chi connectivity index (χ4n) is 3.74. The number of hydrogen-bond donors (Lipinski definition) is 1. The number of benzene rings is 2. The monoisotopic (exact) mass is 357 g/mol. The summed E-state index contributed by atoms with van der Waals surface area (Å²) in [4.78, 5) is 12.9. The molecule has 3 rings (SSSR count). The molecule has 0 saturated heterocycles. The van der Waals surface area contributed by atoms with Crippen molar-refractivity contribution in [3.05, 3.63) is 41.0 Å². The third-order valence-corrected chi connectivity index (χ3v) is 4.97. The second kappa shape index (κ2) is 6.78. The molecule has 6 nitrogen and oxygen atoms in total. The van der Waals surface area contributed by atoms with Gasteiger partial charge in [0.2, 0.25) is 5.75 Å². The van der Waals surface area contributed by atoms with Gasteiger partial charge in [0.25, 0.3) is 0 Å². The number of methoxy groups -OCH3 is 4. The molecule has 2 N–H and O–H groups in total. The van der Waals surface area contributed by atoms with E-state index in [-0.39, 0.29) is 17.6 Å². The lowest BCUT2D eigenvalue weighted by Gasteiger charge is -2.21. The maximum absolute atomic E-state index is 12.9. The van der Waals surface area contributed by atoms with Gasteiger partial charge >= 0.3 is 0 Å². The molecule has 0 aliphatic heterocycles. The summed E-state index contributed by atoms with van der Waals surface area (Å²) in [6.07, 6.45) is 0. The van der Waals surface area contributed by atoms with E-state index < -0.39 is 0 Å². The molecule has 0 aromatic heterocycles. The molecule has 0 amide bonds. The van der Waals surface area contributed by atoms with Gasteiger partial charge in [-0.1, -0.05) is 13.0 Å². The number of hydrogen-bond acceptors (Lipinski definition) is 6. The first-order valence-electron chi connectivity index (χ1n) is 8.28. The Bertz CT molecular complexity index is 862. The Kier molecular flexibility index (Phi) is 4.68. The van der Waals surface area contributed by atoms with Crippen molar-refractivity contribution in [2.45, 2.75) is 12.8 Å². The lowest BCUT2D eigenvalue weighted by atomic mass is 9.86. The van der Waals surface area contributed by atoms with E-state index in [0.717, 1.165) is 11.1 Å². The van der Waals surface area contributed by atoms with Gasteiger partial charge in [-0.25, -0.2) is 0 Å². The summed E-state index contributed by atoms with van der Waals surface area (Å²) in [5.74, 6) is 1.65. The highest BCUT2D eigenvalue weighted by molar-refractivity contribution is 6.05. The molecule has 138 valence electrons. The fourth-order valence-corrected chi connectivity index (χ4v) is 3.74. The zero-order chi connectivity index (χ0) is 19.0. The summed E-state index contributed by atoms with van der Waals surface area (Å²) in [6.45, 7) is 1.91. The van der Waals surface area contributed by atoms with Gasteiger partial charge in [-0.05, 0) is 23.8 Å².